The molecule has 2 aliphatic heterocycles. The maximum Gasteiger partial charge on any atom is 0.255 e. The molecule has 0 spiro atoms. The number of benzene rings is 1. The first-order valence-electron chi connectivity index (χ1n) is 11.2. The molecular formula is C24H21F3N4O4. The van der Waals surface area contributed by atoms with Crippen LogP contribution in [0, 0.1) is 11.7 Å². The van der Waals surface area contributed by atoms with Crippen LogP contribution in [-0.4, -0.2) is 45.5 Å². The Bertz CT molecular complexity index is 1230. The second-order valence-corrected chi connectivity index (χ2v) is 9.15. The Labute approximate surface area is 197 Å². The number of rotatable bonds is 5. The van der Waals surface area contributed by atoms with Crippen LogP contribution in [0.2, 0.25) is 0 Å². The molecule has 1 saturated heterocycles. The van der Waals surface area contributed by atoms with Crippen molar-refractivity contribution in [3.05, 3.63) is 64.7 Å². The third kappa shape index (κ3) is 4.38. The number of nitrogens with zero attached hydrogens (tertiary/aromatic N) is 2. The lowest BCUT2D eigenvalue weighted by atomic mass is 9.75. The lowest BCUT2D eigenvalue weighted by Crippen LogP contribution is -2.52. The van der Waals surface area contributed by atoms with Crippen molar-refractivity contribution in [2.45, 2.75) is 50.2 Å². The van der Waals surface area contributed by atoms with Gasteiger partial charge < -0.3 is 10.2 Å². The van der Waals surface area contributed by atoms with Gasteiger partial charge in [0.1, 0.15) is 11.9 Å². The van der Waals surface area contributed by atoms with Gasteiger partial charge in [0.05, 0.1) is 17.9 Å². The predicted molar refractivity (Wildman–Crippen MR) is 115 cm³/mol. The van der Waals surface area contributed by atoms with Gasteiger partial charge in [-0.05, 0) is 48.2 Å². The Morgan fingerprint density at radius 2 is 1.94 bits per heavy atom. The molecular weight excluding hydrogens is 465 g/mol. The monoisotopic (exact) mass is 486 g/mol. The van der Waals surface area contributed by atoms with Crippen LogP contribution in [0.5, 0.6) is 0 Å². The maximum absolute atomic E-state index is 13.5. The van der Waals surface area contributed by atoms with Crippen molar-refractivity contribution in [3.63, 3.8) is 0 Å². The number of hydrogen-bond acceptors (Lipinski definition) is 5. The molecule has 3 aliphatic rings. The second-order valence-electron chi connectivity index (χ2n) is 9.15. The third-order valence-corrected chi connectivity index (χ3v) is 6.73. The topological polar surface area (TPSA) is 108 Å². The van der Waals surface area contributed by atoms with Gasteiger partial charge in [0, 0.05) is 36.9 Å². The van der Waals surface area contributed by atoms with Crippen LogP contribution >= 0.6 is 0 Å². The number of piperidine rings is 1. The highest BCUT2D eigenvalue weighted by Crippen LogP contribution is 2.48. The highest BCUT2D eigenvalue weighted by Gasteiger charge is 2.49. The molecule has 1 aliphatic carbocycles. The number of amides is 4. The quantitative estimate of drug-likeness (QED) is 0.632. The summed E-state index contributed by atoms with van der Waals surface area (Å²) >= 11 is 0. The van der Waals surface area contributed by atoms with Gasteiger partial charge in [-0.25, -0.2) is 13.2 Å². The van der Waals surface area contributed by atoms with Gasteiger partial charge in [-0.3, -0.25) is 29.5 Å². The van der Waals surface area contributed by atoms with Gasteiger partial charge in [0.25, 0.3) is 11.8 Å². The van der Waals surface area contributed by atoms with Crippen molar-refractivity contribution in [1.82, 2.24) is 20.5 Å². The number of nitrogens with one attached hydrogen (secondary N) is 2. The van der Waals surface area contributed by atoms with E-state index in [0.29, 0.717) is 11.1 Å². The summed E-state index contributed by atoms with van der Waals surface area (Å²) in [5.74, 6) is -5.80. The first kappa shape index (κ1) is 23.0. The minimum absolute atomic E-state index is 0.0966. The van der Waals surface area contributed by atoms with Crippen LogP contribution in [0.3, 0.4) is 0 Å². The zero-order valence-corrected chi connectivity index (χ0v) is 18.4. The number of imide groups is 1. The van der Waals surface area contributed by atoms with Crippen LogP contribution in [0.15, 0.2) is 36.5 Å². The van der Waals surface area contributed by atoms with E-state index >= 15 is 0 Å². The van der Waals surface area contributed by atoms with E-state index in [1.165, 1.54) is 29.2 Å². The molecule has 0 bridgehead atoms. The Hall–Kier alpha value is -3.76. The zero-order chi connectivity index (χ0) is 24.9. The van der Waals surface area contributed by atoms with Gasteiger partial charge >= 0.3 is 0 Å². The van der Waals surface area contributed by atoms with Crippen molar-refractivity contribution < 1.29 is 32.3 Å². The molecule has 0 unspecified atom stereocenters. The smallest absolute Gasteiger partial charge is 0.255 e. The number of hydrogen-bond donors (Lipinski definition) is 2. The number of alkyl halides is 2. The van der Waals surface area contributed by atoms with Gasteiger partial charge in [0.15, 0.2) is 0 Å². The highest BCUT2D eigenvalue weighted by atomic mass is 19.3. The third-order valence-electron chi connectivity index (χ3n) is 6.73. The lowest BCUT2D eigenvalue weighted by Gasteiger charge is -2.40. The molecule has 182 valence electrons. The number of halogens is 3. The van der Waals surface area contributed by atoms with E-state index < -0.39 is 54.4 Å². The number of fused-ring (bicyclic) bond motifs is 1. The number of carbonyl (C=O) groups is 4. The maximum atomic E-state index is 13.5. The van der Waals surface area contributed by atoms with E-state index in [1.54, 1.807) is 0 Å². The Morgan fingerprint density at radius 1 is 1.17 bits per heavy atom. The summed E-state index contributed by atoms with van der Waals surface area (Å²) in [6.45, 7) is 0.0966. The molecule has 2 N–H and O–H groups in total. The molecule has 0 radical (unpaired) electrons. The van der Waals surface area contributed by atoms with Crippen molar-refractivity contribution >= 4 is 23.6 Å². The molecule has 8 nitrogen and oxygen atoms in total. The summed E-state index contributed by atoms with van der Waals surface area (Å²) in [6.07, 6.45) is 0.475. The first-order chi connectivity index (χ1) is 16.6. The van der Waals surface area contributed by atoms with Crippen molar-refractivity contribution in [1.29, 1.82) is 0 Å². The van der Waals surface area contributed by atoms with Gasteiger partial charge in [-0.2, -0.15) is 0 Å². The number of pyridine rings is 1. The molecule has 1 aromatic carbocycles. The Kier molecular flexibility index (Phi) is 5.57. The molecule has 3 heterocycles. The van der Waals surface area contributed by atoms with E-state index in [9.17, 15) is 32.3 Å². The lowest BCUT2D eigenvalue weighted by molar-refractivity contribution is -0.136. The largest absolute Gasteiger partial charge is 0.343 e. The van der Waals surface area contributed by atoms with Gasteiger partial charge in [0.2, 0.25) is 17.7 Å². The normalized spacial score (nSPS) is 22.3. The summed E-state index contributed by atoms with van der Waals surface area (Å²) < 4.78 is 40.4. The van der Waals surface area contributed by atoms with E-state index in [2.05, 4.69) is 15.6 Å². The Balaban J connectivity index is 1.34. The zero-order valence-electron chi connectivity index (χ0n) is 18.4. The fourth-order valence-electron chi connectivity index (χ4n) is 4.89. The standard InChI is InChI=1S/C24H21F3N4O4/c25-15-2-4-17(28-10-15)20(14-8-24(26,27)9-14)30-21(33)12-1-3-16-13(7-12)11-31(23(16)35)18-5-6-19(32)29-22(18)34/h1-4,7,10,14,18,20H,5-6,8-9,11H2,(H,30,33)(H,29,32,34)/t18-,20-/m0/s1. The van der Waals surface area contributed by atoms with Crippen molar-refractivity contribution in [2.75, 3.05) is 0 Å². The van der Waals surface area contributed by atoms with E-state index in [1.807, 2.05) is 0 Å². The molecule has 35 heavy (non-hydrogen) atoms. The van der Waals surface area contributed by atoms with Crippen LogP contribution in [0.25, 0.3) is 0 Å². The molecule has 5 rings (SSSR count). The van der Waals surface area contributed by atoms with Crippen LogP contribution in [-0.2, 0) is 16.1 Å². The van der Waals surface area contributed by atoms with E-state index in [4.69, 9.17) is 0 Å². The van der Waals surface area contributed by atoms with Gasteiger partial charge in [-0.15, -0.1) is 0 Å². The summed E-state index contributed by atoms with van der Waals surface area (Å²) in [6, 6.07) is 5.36. The highest BCUT2D eigenvalue weighted by molar-refractivity contribution is 6.06. The van der Waals surface area contributed by atoms with Crippen LogP contribution < -0.4 is 10.6 Å². The van der Waals surface area contributed by atoms with Crippen LogP contribution in [0.4, 0.5) is 13.2 Å². The molecule has 4 amide bonds. The predicted octanol–water partition coefficient (Wildman–Crippen LogP) is 2.50. The summed E-state index contributed by atoms with van der Waals surface area (Å²) in [7, 11) is 0. The second kappa shape index (κ2) is 8.47. The summed E-state index contributed by atoms with van der Waals surface area (Å²) in [4.78, 5) is 54.9. The molecule has 2 fully saturated rings. The minimum atomic E-state index is -2.82. The van der Waals surface area contributed by atoms with Gasteiger partial charge in [-0.1, -0.05) is 0 Å². The Morgan fingerprint density at radius 3 is 2.60 bits per heavy atom. The SMILES string of the molecule is O=C1CC[C@H](N2Cc3cc(C(=O)N[C@H](c4ccc(F)cn4)C4CC(F)(F)C4)ccc3C2=O)C(=O)N1. The summed E-state index contributed by atoms with van der Waals surface area (Å²) in [5.41, 5.74) is 1.38. The molecule has 1 aromatic heterocycles. The van der Waals surface area contributed by atoms with Crippen LogP contribution in [0.1, 0.15) is 63.7 Å². The average Bonchev–Trinajstić information content (AvgIpc) is 3.12. The van der Waals surface area contributed by atoms with E-state index in [0.717, 1.165) is 12.3 Å². The molecule has 1 saturated carbocycles. The van der Waals surface area contributed by atoms with Crippen molar-refractivity contribution in [2.24, 2.45) is 5.92 Å². The molecule has 11 heteroatoms. The van der Waals surface area contributed by atoms with Crippen molar-refractivity contribution in [3.8, 4) is 0 Å². The first-order valence-corrected chi connectivity index (χ1v) is 11.2. The number of carbonyl (C=O) groups excluding carboxylic acids is 4. The molecule has 2 aromatic rings. The molecule has 2 atom stereocenters. The fourth-order valence-corrected chi connectivity index (χ4v) is 4.89. The van der Waals surface area contributed by atoms with E-state index in [-0.39, 0.29) is 42.5 Å². The minimum Gasteiger partial charge on any atom is -0.343 e. The average molecular weight is 486 g/mol. The fraction of sp³-hybridized carbons (Fsp3) is 0.375. The summed E-state index contributed by atoms with van der Waals surface area (Å²) in [5, 5.41) is 4.97. The number of aromatic nitrogens is 1.